The van der Waals surface area contributed by atoms with E-state index in [2.05, 4.69) is 26.1 Å². The summed E-state index contributed by atoms with van der Waals surface area (Å²) in [6.45, 7) is 7.71. The zero-order valence-corrected chi connectivity index (χ0v) is 16.7. The second-order valence-corrected chi connectivity index (χ2v) is 7.82. The van der Waals surface area contributed by atoms with E-state index in [1.54, 1.807) is 7.11 Å². The molecule has 0 unspecified atom stereocenters. The van der Waals surface area contributed by atoms with Gasteiger partial charge in [0, 0.05) is 20.1 Å². The molecule has 0 saturated heterocycles. The summed E-state index contributed by atoms with van der Waals surface area (Å²) in [5.74, 6) is 0.219. The molecule has 2 rings (SSSR count). The van der Waals surface area contributed by atoms with E-state index in [0.29, 0.717) is 31.9 Å². The summed E-state index contributed by atoms with van der Waals surface area (Å²) in [4.78, 5) is 12.4. The molecule has 0 aromatic heterocycles. The Bertz CT molecular complexity index is 633. The van der Waals surface area contributed by atoms with Crippen LogP contribution in [0.2, 0.25) is 0 Å². The maximum atomic E-state index is 12.4. The van der Waals surface area contributed by atoms with E-state index in [4.69, 9.17) is 19.3 Å². The number of methoxy groups -OCH3 is 1. The number of benzene rings is 1. The number of aliphatic hydroxyl groups excluding tert-OH is 1. The standard InChI is InChI=1S/C21H31NO5/c1-21(2,3)17-11-18(20(24)22-9-10-25-4)27-19(12-17)26-14-16-7-5-15(13-23)6-8-16/h5-8,11,17,19,23H,9-10,12-14H2,1-4H3,(H,22,24)/t17-,19+/m1/s1. The van der Waals surface area contributed by atoms with Crippen LogP contribution in [0.5, 0.6) is 0 Å². The highest BCUT2D eigenvalue weighted by Gasteiger charge is 2.34. The van der Waals surface area contributed by atoms with E-state index in [1.807, 2.05) is 30.3 Å². The third kappa shape index (κ3) is 6.65. The van der Waals surface area contributed by atoms with Gasteiger partial charge in [0.1, 0.15) is 0 Å². The van der Waals surface area contributed by atoms with Crippen LogP contribution < -0.4 is 5.32 Å². The lowest BCUT2D eigenvalue weighted by Crippen LogP contribution is -2.37. The summed E-state index contributed by atoms with van der Waals surface area (Å²) in [7, 11) is 1.59. The number of carbonyl (C=O) groups is 1. The van der Waals surface area contributed by atoms with Gasteiger partial charge in [0.25, 0.3) is 5.91 Å². The normalized spacial score (nSPS) is 20.0. The number of amides is 1. The molecule has 27 heavy (non-hydrogen) atoms. The Morgan fingerprint density at radius 1 is 1.26 bits per heavy atom. The Hall–Kier alpha value is -1.89. The fraction of sp³-hybridized carbons (Fsp3) is 0.571. The molecule has 0 radical (unpaired) electrons. The average molecular weight is 377 g/mol. The summed E-state index contributed by atoms with van der Waals surface area (Å²) in [5, 5.41) is 11.9. The lowest BCUT2D eigenvalue weighted by molar-refractivity contribution is -0.157. The molecule has 1 heterocycles. The van der Waals surface area contributed by atoms with Crippen molar-refractivity contribution in [3.63, 3.8) is 0 Å². The average Bonchev–Trinajstić information content (AvgIpc) is 2.66. The van der Waals surface area contributed by atoms with Crippen molar-refractivity contribution < 1.29 is 24.1 Å². The Kier molecular flexibility index (Phi) is 7.83. The fourth-order valence-electron chi connectivity index (χ4n) is 2.81. The maximum absolute atomic E-state index is 12.4. The zero-order valence-electron chi connectivity index (χ0n) is 16.7. The van der Waals surface area contributed by atoms with E-state index in [1.165, 1.54) is 0 Å². The Morgan fingerprint density at radius 3 is 2.52 bits per heavy atom. The quantitative estimate of drug-likeness (QED) is 0.681. The molecule has 1 aromatic carbocycles. The van der Waals surface area contributed by atoms with Crippen LogP contribution in [0.25, 0.3) is 0 Å². The van der Waals surface area contributed by atoms with Gasteiger partial charge < -0.3 is 24.6 Å². The molecule has 1 aliphatic rings. The monoisotopic (exact) mass is 377 g/mol. The molecule has 0 aliphatic carbocycles. The number of carbonyl (C=O) groups excluding carboxylic acids is 1. The fourth-order valence-corrected chi connectivity index (χ4v) is 2.81. The van der Waals surface area contributed by atoms with Crippen LogP contribution >= 0.6 is 0 Å². The van der Waals surface area contributed by atoms with Gasteiger partial charge in [0.2, 0.25) is 6.29 Å². The van der Waals surface area contributed by atoms with Crippen molar-refractivity contribution in [2.24, 2.45) is 11.3 Å². The number of allylic oxidation sites excluding steroid dienone is 1. The second-order valence-electron chi connectivity index (χ2n) is 7.82. The molecule has 6 nitrogen and oxygen atoms in total. The van der Waals surface area contributed by atoms with Gasteiger partial charge in [-0.3, -0.25) is 4.79 Å². The van der Waals surface area contributed by atoms with Gasteiger partial charge in [-0.05, 0) is 28.5 Å². The van der Waals surface area contributed by atoms with Crippen LogP contribution in [0.15, 0.2) is 36.1 Å². The first-order chi connectivity index (χ1) is 12.8. The summed E-state index contributed by atoms with van der Waals surface area (Å²) in [6.07, 6.45) is 2.10. The summed E-state index contributed by atoms with van der Waals surface area (Å²) >= 11 is 0. The molecule has 0 saturated carbocycles. The lowest BCUT2D eigenvalue weighted by Gasteiger charge is -2.35. The number of hydrogen-bond acceptors (Lipinski definition) is 5. The van der Waals surface area contributed by atoms with Crippen LogP contribution in [0.4, 0.5) is 0 Å². The van der Waals surface area contributed by atoms with E-state index in [-0.39, 0.29) is 23.8 Å². The Balaban J connectivity index is 2.01. The third-order valence-corrected chi connectivity index (χ3v) is 4.63. The second kappa shape index (κ2) is 9.88. The van der Waals surface area contributed by atoms with Crippen LogP contribution in [-0.4, -0.2) is 37.6 Å². The van der Waals surface area contributed by atoms with E-state index < -0.39 is 6.29 Å². The largest absolute Gasteiger partial charge is 0.459 e. The van der Waals surface area contributed by atoms with Gasteiger partial charge in [-0.2, -0.15) is 0 Å². The predicted octanol–water partition coefficient (Wildman–Crippen LogP) is 2.75. The van der Waals surface area contributed by atoms with Crippen molar-refractivity contribution in [1.29, 1.82) is 0 Å². The molecule has 0 bridgehead atoms. The minimum absolute atomic E-state index is 0.00771. The number of nitrogens with one attached hydrogen (secondary N) is 1. The highest BCUT2D eigenvalue weighted by molar-refractivity contribution is 5.91. The minimum Gasteiger partial charge on any atom is -0.459 e. The number of aliphatic hydroxyl groups is 1. The number of rotatable bonds is 8. The first-order valence-electron chi connectivity index (χ1n) is 9.29. The Labute approximate surface area is 161 Å². The van der Waals surface area contributed by atoms with Gasteiger partial charge in [0.15, 0.2) is 5.76 Å². The molecule has 150 valence electrons. The number of ether oxygens (including phenoxy) is 3. The van der Waals surface area contributed by atoms with Crippen LogP contribution in [0.3, 0.4) is 0 Å². The van der Waals surface area contributed by atoms with Crippen LogP contribution in [0.1, 0.15) is 38.3 Å². The summed E-state index contributed by atoms with van der Waals surface area (Å²) in [6, 6.07) is 7.58. The van der Waals surface area contributed by atoms with Gasteiger partial charge in [-0.25, -0.2) is 0 Å². The van der Waals surface area contributed by atoms with Crippen LogP contribution in [0, 0.1) is 11.3 Å². The first kappa shape index (κ1) is 21.4. The van der Waals surface area contributed by atoms with Crippen LogP contribution in [-0.2, 0) is 32.2 Å². The summed E-state index contributed by atoms with van der Waals surface area (Å²) < 4.78 is 16.7. The van der Waals surface area contributed by atoms with E-state index in [9.17, 15) is 4.79 Å². The van der Waals surface area contributed by atoms with E-state index in [0.717, 1.165) is 11.1 Å². The highest BCUT2D eigenvalue weighted by atomic mass is 16.7. The molecule has 1 aromatic rings. The van der Waals surface area contributed by atoms with Crippen molar-refractivity contribution in [3.05, 3.63) is 47.2 Å². The van der Waals surface area contributed by atoms with Crippen molar-refractivity contribution in [1.82, 2.24) is 5.32 Å². The molecule has 0 spiro atoms. The van der Waals surface area contributed by atoms with Gasteiger partial charge in [-0.1, -0.05) is 45.0 Å². The van der Waals surface area contributed by atoms with Crippen molar-refractivity contribution in [2.75, 3.05) is 20.3 Å². The molecule has 0 fully saturated rings. The smallest absolute Gasteiger partial charge is 0.286 e. The van der Waals surface area contributed by atoms with Crippen molar-refractivity contribution >= 4 is 5.91 Å². The zero-order chi connectivity index (χ0) is 19.9. The molecule has 2 atom stereocenters. The van der Waals surface area contributed by atoms with E-state index >= 15 is 0 Å². The Morgan fingerprint density at radius 2 is 1.93 bits per heavy atom. The van der Waals surface area contributed by atoms with Gasteiger partial charge in [0.05, 0.1) is 19.8 Å². The topological polar surface area (TPSA) is 77.0 Å². The lowest BCUT2D eigenvalue weighted by atomic mass is 9.77. The molecule has 1 amide bonds. The van der Waals surface area contributed by atoms with Gasteiger partial charge >= 0.3 is 0 Å². The highest BCUT2D eigenvalue weighted by Crippen LogP contribution is 2.36. The first-order valence-corrected chi connectivity index (χ1v) is 9.29. The molecular weight excluding hydrogens is 346 g/mol. The molecule has 1 aliphatic heterocycles. The van der Waals surface area contributed by atoms with Crippen molar-refractivity contribution in [3.8, 4) is 0 Å². The maximum Gasteiger partial charge on any atom is 0.286 e. The summed E-state index contributed by atoms with van der Waals surface area (Å²) in [5.41, 5.74) is 1.84. The minimum atomic E-state index is -0.486. The predicted molar refractivity (Wildman–Crippen MR) is 103 cm³/mol. The number of hydrogen-bond donors (Lipinski definition) is 2. The molecular formula is C21H31NO5. The van der Waals surface area contributed by atoms with Crippen molar-refractivity contribution in [2.45, 2.75) is 46.7 Å². The van der Waals surface area contributed by atoms with Gasteiger partial charge in [-0.15, -0.1) is 0 Å². The molecule has 2 N–H and O–H groups in total. The molecule has 6 heteroatoms. The SMILES string of the molecule is COCCNC(=O)C1=C[C@@H](C(C)(C)C)C[C@@H](OCc2ccc(CO)cc2)O1. The third-order valence-electron chi connectivity index (χ3n) is 4.63.